The van der Waals surface area contributed by atoms with Crippen LogP contribution in [0.3, 0.4) is 0 Å². The number of hydrogen-bond donors (Lipinski definition) is 1. The fourth-order valence-electron chi connectivity index (χ4n) is 1.46. The van der Waals surface area contributed by atoms with Crippen molar-refractivity contribution in [2.45, 2.75) is 6.54 Å². The van der Waals surface area contributed by atoms with Crippen molar-refractivity contribution >= 4 is 17.4 Å². The Labute approximate surface area is 98.0 Å². The molecule has 2 N–H and O–H groups in total. The number of rotatable bonds is 2. The molecule has 0 unspecified atom stereocenters. The average Bonchev–Trinajstić information content (AvgIpc) is 2.87. The number of carbonyl (C=O) groups excluding carboxylic acids is 1. The molecule has 4 nitrogen and oxygen atoms in total. The normalized spacial score (nSPS) is 14.6. The molecule has 0 saturated carbocycles. The number of hydrogen-bond acceptors (Lipinski definition) is 4. The maximum atomic E-state index is 11.3. The Balaban J connectivity index is 2.09. The zero-order valence-electron chi connectivity index (χ0n) is 8.73. The lowest BCUT2D eigenvalue weighted by molar-refractivity contribution is 0.157. The summed E-state index contributed by atoms with van der Waals surface area (Å²) in [5, 5.41) is 1.97. The summed E-state index contributed by atoms with van der Waals surface area (Å²) in [6.45, 7) is 2.06. The summed E-state index contributed by atoms with van der Waals surface area (Å²) in [5.41, 5.74) is 6.28. The Kier molecular flexibility index (Phi) is 3.44. The maximum absolute atomic E-state index is 11.3. The predicted octanol–water partition coefficient (Wildman–Crippen LogP) is 1.01. The first kappa shape index (κ1) is 11.0. The molecule has 5 heteroatoms. The molecule has 1 aliphatic heterocycles. The second-order valence-corrected chi connectivity index (χ2v) is 4.30. The highest BCUT2D eigenvalue weighted by molar-refractivity contribution is 7.10. The summed E-state index contributed by atoms with van der Waals surface area (Å²) in [6.07, 6.45) is -0.244. The van der Waals surface area contributed by atoms with Gasteiger partial charge < -0.3 is 10.5 Å². The highest BCUT2D eigenvalue weighted by Crippen LogP contribution is 2.19. The molecular weight excluding hydrogens is 224 g/mol. The molecule has 1 aromatic heterocycles. The van der Waals surface area contributed by atoms with E-state index in [9.17, 15) is 4.79 Å². The highest BCUT2D eigenvalue weighted by Gasteiger charge is 2.22. The summed E-state index contributed by atoms with van der Waals surface area (Å²) in [4.78, 5) is 14.0. The predicted molar refractivity (Wildman–Crippen MR) is 62.0 cm³/mol. The van der Waals surface area contributed by atoms with Gasteiger partial charge in [0.05, 0.1) is 19.6 Å². The number of cyclic esters (lactones) is 1. The lowest BCUT2D eigenvalue weighted by Crippen LogP contribution is -2.23. The first-order valence-electron chi connectivity index (χ1n) is 4.98. The molecular formula is C11H12N2O2S. The van der Waals surface area contributed by atoms with E-state index in [1.54, 1.807) is 16.2 Å². The molecule has 1 fully saturated rings. The van der Waals surface area contributed by atoms with Crippen molar-refractivity contribution in [3.8, 4) is 11.8 Å². The fourth-order valence-corrected chi connectivity index (χ4v) is 2.31. The van der Waals surface area contributed by atoms with Gasteiger partial charge in [-0.1, -0.05) is 11.8 Å². The quantitative estimate of drug-likeness (QED) is 0.780. The van der Waals surface area contributed by atoms with Gasteiger partial charge in [-0.05, 0) is 11.4 Å². The van der Waals surface area contributed by atoms with Crippen LogP contribution in [0, 0.1) is 11.8 Å². The first-order valence-corrected chi connectivity index (χ1v) is 5.86. The van der Waals surface area contributed by atoms with Crippen LogP contribution in [0.15, 0.2) is 11.4 Å². The van der Waals surface area contributed by atoms with Crippen LogP contribution in [-0.4, -0.2) is 30.7 Å². The van der Waals surface area contributed by atoms with Crippen molar-refractivity contribution in [2.24, 2.45) is 5.73 Å². The second kappa shape index (κ2) is 5.01. The van der Waals surface area contributed by atoms with Gasteiger partial charge >= 0.3 is 6.09 Å². The molecule has 1 aromatic rings. The standard InChI is InChI=1S/C11H12N2O2S/c12-4-1-2-9-3-7-16-10(9)8-13-5-6-15-11(13)14/h3,7H,4-6,8,12H2. The zero-order valence-corrected chi connectivity index (χ0v) is 9.55. The van der Waals surface area contributed by atoms with E-state index in [0.29, 0.717) is 26.2 Å². The van der Waals surface area contributed by atoms with Gasteiger partial charge in [-0.3, -0.25) is 4.90 Å². The lowest BCUT2D eigenvalue weighted by atomic mass is 10.2. The van der Waals surface area contributed by atoms with E-state index in [0.717, 1.165) is 10.4 Å². The van der Waals surface area contributed by atoms with E-state index < -0.39 is 0 Å². The molecule has 1 amide bonds. The van der Waals surface area contributed by atoms with E-state index in [4.69, 9.17) is 10.5 Å². The molecule has 1 saturated heterocycles. The van der Waals surface area contributed by atoms with Gasteiger partial charge in [0.25, 0.3) is 0 Å². The van der Waals surface area contributed by atoms with Crippen molar-refractivity contribution < 1.29 is 9.53 Å². The molecule has 16 heavy (non-hydrogen) atoms. The van der Waals surface area contributed by atoms with E-state index in [1.807, 2.05) is 11.4 Å². The Morgan fingerprint density at radius 3 is 3.19 bits per heavy atom. The third-order valence-electron chi connectivity index (χ3n) is 2.25. The number of nitrogens with zero attached hydrogens (tertiary/aromatic N) is 1. The van der Waals surface area contributed by atoms with Gasteiger partial charge in [-0.15, -0.1) is 11.3 Å². The maximum Gasteiger partial charge on any atom is 0.410 e. The van der Waals surface area contributed by atoms with E-state index >= 15 is 0 Å². The zero-order chi connectivity index (χ0) is 11.4. The second-order valence-electron chi connectivity index (χ2n) is 3.30. The van der Waals surface area contributed by atoms with Crippen molar-refractivity contribution in [2.75, 3.05) is 19.7 Å². The molecule has 0 aliphatic carbocycles. The van der Waals surface area contributed by atoms with Crippen LogP contribution in [0.2, 0.25) is 0 Å². The lowest BCUT2D eigenvalue weighted by Gasteiger charge is -2.10. The molecule has 2 rings (SSSR count). The van der Waals surface area contributed by atoms with E-state index in [-0.39, 0.29) is 6.09 Å². The summed E-state index contributed by atoms with van der Waals surface area (Å²) in [6, 6.07) is 1.95. The van der Waals surface area contributed by atoms with Crippen LogP contribution < -0.4 is 5.73 Å². The van der Waals surface area contributed by atoms with Crippen LogP contribution in [0.1, 0.15) is 10.4 Å². The fraction of sp³-hybridized carbons (Fsp3) is 0.364. The average molecular weight is 236 g/mol. The number of amides is 1. The third-order valence-corrected chi connectivity index (χ3v) is 3.16. The largest absolute Gasteiger partial charge is 0.448 e. The summed E-state index contributed by atoms with van der Waals surface area (Å²) < 4.78 is 4.87. The molecule has 84 valence electrons. The van der Waals surface area contributed by atoms with Gasteiger partial charge in [0, 0.05) is 10.4 Å². The molecule has 0 spiro atoms. The van der Waals surface area contributed by atoms with Gasteiger partial charge in [0.15, 0.2) is 0 Å². The Hall–Kier alpha value is -1.51. The van der Waals surface area contributed by atoms with Crippen molar-refractivity contribution in [1.29, 1.82) is 0 Å². The molecule has 0 atom stereocenters. The molecule has 0 aromatic carbocycles. The number of thiophene rings is 1. The monoisotopic (exact) mass is 236 g/mol. The molecule has 1 aliphatic rings. The van der Waals surface area contributed by atoms with Crippen LogP contribution >= 0.6 is 11.3 Å². The molecule has 0 bridgehead atoms. The Morgan fingerprint density at radius 2 is 2.50 bits per heavy atom. The van der Waals surface area contributed by atoms with Crippen LogP contribution in [-0.2, 0) is 11.3 Å². The summed E-state index contributed by atoms with van der Waals surface area (Å²) >= 11 is 1.60. The summed E-state index contributed by atoms with van der Waals surface area (Å²) in [7, 11) is 0. The van der Waals surface area contributed by atoms with Gasteiger partial charge in [-0.25, -0.2) is 4.79 Å². The highest BCUT2D eigenvalue weighted by atomic mass is 32.1. The van der Waals surface area contributed by atoms with Crippen LogP contribution in [0.4, 0.5) is 4.79 Å². The van der Waals surface area contributed by atoms with E-state index in [2.05, 4.69) is 11.8 Å². The van der Waals surface area contributed by atoms with E-state index in [1.165, 1.54) is 0 Å². The minimum absolute atomic E-state index is 0.244. The smallest absolute Gasteiger partial charge is 0.410 e. The Morgan fingerprint density at radius 1 is 1.62 bits per heavy atom. The van der Waals surface area contributed by atoms with Crippen LogP contribution in [0.5, 0.6) is 0 Å². The molecule has 2 heterocycles. The third kappa shape index (κ3) is 2.35. The SMILES string of the molecule is NCC#Cc1ccsc1CN1CCOC1=O. The summed E-state index contributed by atoms with van der Waals surface area (Å²) in [5.74, 6) is 5.82. The van der Waals surface area contributed by atoms with Crippen molar-refractivity contribution in [3.05, 3.63) is 21.9 Å². The topological polar surface area (TPSA) is 55.6 Å². The first-order chi connectivity index (χ1) is 7.81. The minimum Gasteiger partial charge on any atom is -0.448 e. The number of carbonyl (C=O) groups is 1. The molecule has 0 radical (unpaired) electrons. The van der Waals surface area contributed by atoms with Gasteiger partial charge in [-0.2, -0.15) is 0 Å². The van der Waals surface area contributed by atoms with Gasteiger partial charge in [0.1, 0.15) is 6.61 Å². The van der Waals surface area contributed by atoms with Crippen molar-refractivity contribution in [3.63, 3.8) is 0 Å². The van der Waals surface area contributed by atoms with Crippen LogP contribution in [0.25, 0.3) is 0 Å². The minimum atomic E-state index is -0.244. The number of ether oxygens (including phenoxy) is 1. The van der Waals surface area contributed by atoms with Gasteiger partial charge in [0.2, 0.25) is 0 Å². The number of nitrogens with two attached hydrogens (primary N) is 1. The Bertz CT molecular complexity index is 444. The van der Waals surface area contributed by atoms with Crippen molar-refractivity contribution in [1.82, 2.24) is 4.90 Å².